The summed E-state index contributed by atoms with van der Waals surface area (Å²) in [5.74, 6) is -0.344. The van der Waals surface area contributed by atoms with E-state index in [2.05, 4.69) is 34.1 Å². The highest BCUT2D eigenvalue weighted by Gasteiger charge is 2.20. The second-order valence-corrected chi connectivity index (χ2v) is 5.81. The molecule has 2 aromatic rings. The first-order chi connectivity index (χ1) is 10.3. The Hall–Kier alpha value is -1.88. The molecule has 0 amide bonds. The molecule has 0 saturated heterocycles. The van der Waals surface area contributed by atoms with Crippen LogP contribution in [-0.2, 0) is 11.2 Å². The summed E-state index contributed by atoms with van der Waals surface area (Å²) >= 11 is 1.50. The summed E-state index contributed by atoms with van der Waals surface area (Å²) in [6.07, 6.45) is 3.41. The lowest BCUT2D eigenvalue weighted by Crippen LogP contribution is -2.18. The minimum Gasteiger partial charge on any atom is -0.461 e. The number of fused-ring (bicyclic) bond motifs is 1. The molecule has 0 radical (unpaired) electrons. The SMILES string of the molecule is CCOC(=O)c1csc(N2CCCCc3ccccc32)n1. The fourth-order valence-electron chi connectivity index (χ4n) is 2.58. The third kappa shape index (κ3) is 2.93. The molecule has 21 heavy (non-hydrogen) atoms. The number of hydrogen-bond acceptors (Lipinski definition) is 5. The maximum Gasteiger partial charge on any atom is 0.357 e. The van der Waals surface area contributed by atoms with Crippen molar-refractivity contribution >= 4 is 28.1 Å². The molecule has 0 atom stereocenters. The summed E-state index contributed by atoms with van der Waals surface area (Å²) in [4.78, 5) is 18.4. The van der Waals surface area contributed by atoms with Crippen LogP contribution < -0.4 is 4.90 Å². The number of rotatable bonds is 3. The van der Waals surface area contributed by atoms with Gasteiger partial charge in [0, 0.05) is 17.6 Å². The Kier molecular flexibility index (Phi) is 4.20. The third-order valence-corrected chi connectivity index (χ3v) is 4.43. The van der Waals surface area contributed by atoms with Crippen LogP contribution in [-0.4, -0.2) is 24.1 Å². The van der Waals surface area contributed by atoms with Crippen LogP contribution in [0, 0.1) is 0 Å². The Labute approximate surface area is 128 Å². The van der Waals surface area contributed by atoms with Crippen LogP contribution in [0.1, 0.15) is 35.8 Å². The highest BCUT2D eigenvalue weighted by molar-refractivity contribution is 7.14. The lowest BCUT2D eigenvalue weighted by atomic mass is 10.1. The molecule has 1 aromatic carbocycles. The lowest BCUT2D eigenvalue weighted by molar-refractivity contribution is 0.0520. The highest BCUT2D eigenvalue weighted by atomic mass is 32.1. The first-order valence-corrected chi connectivity index (χ1v) is 8.15. The van der Waals surface area contributed by atoms with Crippen LogP contribution in [0.5, 0.6) is 0 Å². The number of hydrogen-bond donors (Lipinski definition) is 0. The first-order valence-electron chi connectivity index (χ1n) is 7.27. The zero-order valence-corrected chi connectivity index (χ0v) is 12.9. The van der Waals surface area contributed by atoms with Crippen molar-refractivity contribution in [1.29, 1.82) is 0 Å². The minimum absolute atomic E-state index is 0.344. The van der Waals surface area contributed by atoms with Crippen LogP contribution in [0.3, 0.4) is 0 Å². The van der Waals surface area contributed by atoms with Gasteiger partial charge in [0.05, 0.1) is 6.61 Å². The number of para-hydroxylation sites is 1. The van der Waals surface area contributed by atoms with Gasteiger partial charge in [-0.15, -0.1) is 11.3 Å². The van der Waals surface area contributed by atoms with Crippen LogP contribution in [0.15, 0.2) is 29.6 Å². The largest absolute Gasteiger partial charge is 0.461 e. The molecule has 1 aliphatic heterocycles. The van der Waals surface area contributed by atoms with Crippen molar-refractivity contribution in [2.75, 3.05) is 18.1 Å². The van der Waals surface area contributed by atoms with Gasteiger partial charge < -0.3 is 9.64 Å². The Bertz CT molecular complexity index is 639. The summed E-state index contributed by atoms with van der Waals surface area (Å²) < 4.78 is 5.01. The maximum absolute atomic E-state index is 11.8. The first kappa shape index (κ1) is 14.1. The van der Waals surface area contributed by atoms with Crippen molar-refractivity contribution in [2.24, 2.45) is 0 Å². The molecule has 0 N–H and O–H groups in total. The average molecular weight is 302 g/mol. The Balaban J connectivity index is 1.91. The molecular weight excluding hydrogens is 284 g/mol. The van der Waals surface area contributed by atoms with E-state index in [1.54, 1.807) is 12.3 Å². The molecule has 0 saturated carbocycles. The number of aryl methyl sites for hydroxylation is 1. The topological polar surface area (TPSA) is 42.4 Å². The number of nitrogens with zero attached hydrogens (tertiary/aromatic N) is 2. The van der Waals surface area contributed by atoms with Gasteiger partial charge in [0.15, 0.2) is 10.8 Å². The van der Waals surface area contributed by atoms with Crippen molar-refractivity contribution in [3.63, 3.8) is 0 Å². The fraction of sp³-hybridized carbons (Fsp3) is 0.375. The monoisotopic (exact) mass is 302 g/mol. The average Bonchev–Trinajstić information content (AvgIpc) is 2.89. The molecule has 1 aliphatic rings. The highest BCUT2D eigenvalue weighted by Crippen LogP contribution is 2.34. The van der Waals surface area contributed by atoms with Gasteiger partial charge >= 0.3 is 5.97 Å². The molecule has 0 unspecified atom stereocenters. The summed E-state index contributed by atoms with van der Waals surface area (Å²) in [5, 5.41) is 2.65. The van der Waals surface area contributed by atoms with Crippen molar-refractivity contribution in [3.8, 4) is 0 Å². The second-order valence-electron chi connectivity index (χ2n) is 4.97. The molecule has 2 heterocycles. The number of carbonyl (C=O) groups excluding carboxylic acids is 1. The zero-order valence-electron chi connectivity index (χ0n) is 12.0. The molecule has 4 nitrogen and oxygen atoms in total. The van der Waals surface area contributed by atoms with Gasteiger partial charge in [-0.3, -0.25) is 0 Å². The van der Waals surface area contributed by atoms with E-state index in [4.69, 9.17) is 4.74 Å². The van der Waals surface area contributed by atoms with E-state index < -0.39 is 0 Å². The molecule has 0 bridgehead atoms. The van der Waals surface area contributed by atoms with E-state index in [1.165, 1.54) is 29.0 Å². The van der Waals surface area contributed by atoms with Gasteiger partial charge in [0.1, 0.15) is 0 Å². The summed E-state index contributed by atoms with van der Waals surface area (Å²) in [6, 6.07) is 8.44. The molecule has 0 fully saturated rings. The Morgan fingerprint density at radius 1 is 1.38 bits per heavy atom. The van der Waals surface area contributed by atoms with Crippen LogP contribution in [0.4, 0.5) is 10.8 Å². The maximum atomic E-state index is 11.8. The normalized spacial score (nSPS) is 14.4. The Morgan fingerprint density at radius 3 is 3.10 bits per heavy atom. The van der Waals surface area contributed by atoms with Gasteiger partial charge in [0.2, 0.25) is 0 Å². The zero-order chi connectivity index (χ0) is 14.7. The third-order valence-electron chi connectivity index (χ3n) is 3.57. The molecule has 110 valence electrons. The summed E-state index contributed by atoms with van der Waals surface area (Å²) in [5.41, 5.74) is 2.96. The quantitative estimate of drug-likeness (QED) is 0.809. The smallest absolute Gasteiger partial charge is 0.357 e. The van der Waals surface area contributed by atoms with E-state index in [9.17, 15) is 4.79 Å². The van der Waals surface area contributed by atoms with Crippen molar-refractivity contribution in [1.82, 2.24) is 4.98 Å². The number of thiazole rings is 1. The minimum atomic E-state index is -0.344. The van der Waals surface area contributed by atoms with Gasteiger partial charge in [-0.2, -0.15) is 0 Å². The van der Waals surface area contributed by atoms with E-state index in [1.807, 2.05) is 0 Å². The van der Waals surface area contributed by atoms with Gasteiger partial charge in [-0.05, 0) is 37.8 Å². The van der Waals surface area contributed by atoms with Crippen LogP contribution in [0.25, 0.3) is 0 Å². The van der Waals surface area contributed by atoms with Gasteiger partial charge in [0.25, 0.3) is 0 Å². The number of esters is 1. The number of ether oxygens (including phenoxy) is 1. The van der Waals surface area contributed by atoms with Crippen LogP contribution in [0.2, 0.25) is 0 Å². The van der Waals surface area contributed by atoms with E-state index in [0.29, 0.717) is 12.3 Å². The molecule has 0 spiro atoms. The summed E-state index contributed by atoms with van der Waals surface area (Å²) in [6.45, 7) is 3.11. The molecule has 0 aliphatic carbocycles. The van der Waals surface area contributed by atoms with Crippen molar-refractivity contribution in [2.45, 2.75) is 26.2 Å². The fourth-order valence-corrected chi connectivity index (χ4v) is 3.41. The van der Waals surface area contributed by atoms with Crippen LogP contribution >= 0.6 is 11.3 Å². The van der Waals surface area contributed by atoms with E-state index in [0.717, 1.165) is 24.5 Å². The lowest BCUT2D eigenvalue weighted by Gasteiger charge is -2.21. The van der Waals surface area contributed by atoms with Crippen molar-refractivity contribution in [3.05, 3.63) is 40.9 Å². The standard InChI is InChI=1S/C16H18N2O2S/c1-2-20-15(19)13-11-21-16(17-13)18-10-6-5-8-12-7-3-4-9-14(12)18/h3-4,7,9,11H,2,5-6,8,10H2,1H3. The Morgan fingerprint density at radius 2 is 2.24 bits per heavy atom. The molecule has 1 aromatic heterocycles. The van der Waals surface area contributed by atoms with Gasteiger partial charge in [-0.25, -0.2) is 9.78 Å². The van der Waals surface area contributed by atoms with Gasteiger partial charge in [-0.1, -0.05) is 18.2 Å². The number of aromatic nitrogens is 1. The summed E-state index contributed by atoms with van der Waals surface area (Å²) in [7, 11) is 0. The molecule has 5 heteroatoms. The number of benzene rings is 1. The predicted octanol–water partition coefficient (Wildman–Crippen LogP) is 3.79. The number of carbonyl (C=O) groups is 1. The molecular formula is C16H18N2O2S. The van der Waals surface area contributed by atoms with E-state index >= 15 is 0 Å². The second kappa shape index (κ2) is 6.26. The predicted molar refractivity (Wildman–Crippen MR) is 84.5 cm³/mol. The van der Waals surface area contributed by atoms with E-state index in [-0.39, 0.29) is 5.97 Å². The number of anilines is 2. The molecule has 3 rings (SSSR count). The van der Waals surface area contributed by atoms with Crippen molar-refractivity contribution < 1.29 is 9.53 Å².